The molecule has 0 radical (unpaired) electrons. The molecule has 17 heavy (non-hydrogen) atoms. The van der Waals surface area contributed by atoms with Crippen LogP contribution in [0.3, 0.4) is 0 Å². The molecule has 0 bridgehead atoms. The Morgan fingerprint density at radius 3 is 2.71 bits per heavy atom. The first-order chi connectivity index (χ1) is 8.06. The van der Waals surface area contributed by atoms with Crippen LogP contribution in [0.4, 0.5) is 19.0 Å². The van der Waals surface area contributed by atoms with E-state index in [0.717, 1.165) is 4.88 Å². The fourth-order valence-corrected chi connectivity index (χ4v) is 1.94. The highest BCUT2D eigenvalue weighted by atomic mass is 32.1. The van der Waals surface area contributed by atoms with Gasteiger partial charge < -0.3 is 5.32 Å². The molecule has 0 aliphatic heterocycles. The summed E-state index contributed by atoms with van der Waals surface area (Å²) in [7, 11) is 0. The number of pyridine rings is 1. The third-order valence-electron chi connectivity index (χ3n) is 1.96. The highest BCUT2D eigenvalue weighted by Crippen LogP contribution is 2.17. The van der Waals surface area contributed by atoms with E-state index in [1.54, 1.807) is 6.20 Å². The lowest BCUT2D eigenvalue weighted by Crippen LogP contribution is -2.05. The molecule has 2 rings (SSSR count). The minimum atomic E-state index is -1.33. The molecule has 2 heterocycles. The number of halogens is 3. The van der Waals surface area contributed by atoms with E-state index in [2.05, 4.69) is 15.3 Å². The van der Waals surface area contributed by atoms with Gasteiger partial charge in [0.1, 0.15) is 5.01 Å². The number of thiazole rings is 1. The van der Waals surface area contributed by atoms with Gasteiger partial charge in [-0.15, -0.1) is 11.3 Å². The van der Waals surface area contributed by atoms with Gasteiger partial charge in [-0.25, -0.2) is 13.8 Å². The average molecular weight is 259 g/mol. The summed E-state index contributed by atoms with van der Waals surface area (Å²) in [5.41, 5.74) is 0. The Kier molecular flexibility index (Phi) is 3.28. The summed E-state index contributed by atoms with van der Waals surface area (Å²) in [6.45, 7) is 2.10. The van der Waals surface area contributed by atoms with Crippen molar-refractivity contribution < 1.29 is 13.2 Å². The number of anilines is 1. The molecule has 2 aromatic heterocycles. The highest BCUT2D eigenvalue weighted by Gasteiger charge is 2.11. The first-order valence-electron chi connectivity index (χ1n) is 4.73. The third-order valence-corrected chi connectivity index (χ3v) is 2.88. The van der Waals surface area contributed by atoms with E-state index in [0.29, 0.717) is 11.1 Å². The molecule has 0 aliphatic carbocycles. The zero-order valence-electron chi connectivity index (χ0n) is 8.80. The number of nitrogens with one attached hydrogen (secondary N) is 1. The van der Waals surface area contributed by atoms with Gasteiger partial charge in [0.2, 0.25) is 0 Å². The Balaban J connectivity index is 2.11. The lowest BCUT2D eigenvalue weighted by atomic mass is 10.4. The van der Waals surface area contributed by atoms with Crippen LogP contribution in [0.2, 0.25) is 0 Å². The van der Waals surface area contributed by atoms with E-state index in [1.807, 2.05) is 6.92 Å². The number of nitrogens with zero attached hydrogens (tertiary/aromatic N) is 2. The van der Waals surface area contributed by atoms with Crippen LogP contribution in [0.15, 0.2) is 12.3 Å². The maximum atomic E-state index is 13.2. The quantitative estimate of drug-likeness (QED) is 0.861. The summed E-state index contributed by atoms with van der Waals surface area (Å²) < 4.78 is 38.6. The molecule has 90 valence electrons. The summed E-state index contributed by atoms with van der Waals surface area (Å²) in [6.07, 6.45) is 1.68. The molecule has 0 amide bonds. The minimum Gasteiger partial charge on any atom is -0.361 e. The lowest BCUT2D eigenvalue weighted by molar-refractivity contribution is 0.466. The lowest BCUT2D eigenvalue weighted by Gasteiger charge is -2.04. The summed E-state index contributed by atoms with van der Waals surface area (Å²) in [4.78, 5) is 8.20. The van der Waals surface area contributed by atoms with Crippen LogP contribution in [0.1, 0.15) is 9.88 Å². The second-order valence-electron chi connectivity index (χ2n) is 3.31. The fraction of sp³-hybridized carbons (Fsp3) is 0.200. The van der Waals surface area contributed by atoms with Gasteiger partial charge >= 0.3 is 0 Å². The maximum absolute atomic E-state index is 13.2. The molecule has 0 fully saturated rings. The minimum absolute atomic E-state index is 0.216. The van der Waals surface area contributed by atoms with Crippen LogP contribution >= 0.6 is 11.3 Å². The Hall–Kier alpha value is -1.63. The molecule has 0 atom stereocenters. The van der Waals surface area contributed by atoms with Crippen LogP contribution < -0.4 is 5.32 Å². The monoisotopic (exact) mass is 259 g/mol. The van der Waals surface area contributed by atoms with Crippen molar-refractivity contribution in [3.8, 4) is 0 Å². The van der Waals surface area contributed by atoms with Crippen molar-refractivity contribution >= 4 is 17.2 Å². The van der Waals surface area contributed by atoms with E-state index >= 15 is 0 Å². The molecule has 7 heteroatoms. The van der Waals surface area contributed by atoms with Crippen LogP contribution in [0, 0.1) is 24.5 Å². The Morgan fingerprint density at radius 1 is 1.29 bits per heavy atom. The molecule has 1 N–H and O–H groups in total. The van der Waals surface area contributed by atoms with Gasteiger partial charge in [-0.1, -0.05) is 0 Å². The summed E-state index contributed by atoms with van der Waals surface area (Å²) in [5.74, 6) is -3.89. The molecule has 0 saturated heterocycles. The zero-order valence-corrected chi connectivity index (χ0v) is 9.61. The van der Waals surface area contributed by atoms with Gasteiger partial charge in [-0.05, 0) is 6.92 Å². The van der Waals surface area contributed by atoms with Crippen molar-refractivity contribution in [3.05, 3.63) is 39.7 Å². The molecule has 0 aromatic carbocycles. The normalized spacial score (nSPS) is 10.6. The predicted molar refractivity (Wildman–Crippen MR) is 58.3 cm³/mol. The number of rotatable bonds is 3. The number of aryl methyl sites for hydroxylation is 1. The second-order valence-corrected chi connectivity index (χ2v) is 4.63. The van der Waals surface area contributed by atoms with Gasteiger partial charge in [0.05, 0.1) is 6.54 Å². The number of aromatic nitrogens is 2. The molecule has 2 aromatic rings. The first kappa shape index (κ1) is 11.8. The predicted octanol–water partition coefficient (Wildman–Crippen LogP) is 2.88. The van der Waals surface area contributed by atoms with Crippen LogP contribution in [0.25, 0.3) is 0 Å². The van der Waals surface area contributed by atoms with Crippen LogP contribution in [0.5, 0.6) is 0 Å². The van der Waals surface area contributed by atoms with Crippen LogP contribution in [-0.2, 0) is 6.54 Å². The molecular formula is C10H8F3N3S. The topological polar surface area (TPSA) is 37.8 Å². The number of hydrogen-bond donors (Lipinski definition) is 1. The van der Waals surface area contributed by atoms with Gasteiger partial charge in [-0.3, -0.25) is 0 Å². The van der Waals surface area contributed by atoms with E-state index in [-0.39, 0.29) is 12.4 Å². The maximum Gasteiger partial charge on any atom is 0.251 e. The van der Waals surface area contributed by atoms with E-state index < -0.39 is 17.6 Å². The fourth-order valence-electron chi connectivity index (χ4n) is 1.21. The van der Waals surface area contributed by atoms with Gasteiger partial charge in [0.15, 0.2) is 17.5 Å². The second kappa shape index (κ2) is 4.70. The molecular weight excluding hydrogens is 251 g/mol. The van der Waals surface area contributed by atoms with Gasteiger partial charge in [-0.2, -0.15) is 9.37 Å². The first-order valence-corrected chi connectivity index (χ1v) is 5.54. The van der Waals surface area contributed by atoms with Crippen molar-refractivity contribution in [1.82, 2.24) is 9.97 Å². The molecule has 0 aliphatic rings. The number of hydrogen-bond acceptors (Lipinski definition) is 4. The van der Waals surface area contributed by atoms with Crippen molar-refractivity contribution in [1.29, 1.82) is 0 Å². The smallest absolute Gasteiger partial charge is 0.251 e. The summed E-state index contributed by atoms with van der Waals surface area (Å²) in [5, 5.41) is 3.28. The molecule has 0 saturated carbocycles. The van der Waals surface area contributed by atoms with Crippen molar-refractivity contribution in [3.63, 3.8) is 0 Å². The summed E-state index contributed by atoms with van der Waals surface area (Å²) in [6, 6.07) is 0.456. The largest absolute Gasteiger partial charge is 0.361 e. The Labute approximate surface area is 99.3 Å². The Morgan fingerprint density at radius 2 is 2.06 bits per heavy atom. The van der Waals surface area contributed by atoms with E-state index in [1.165, 1.54) is 11.3 Å². The molecule has 0 unspecified atom stereocenters. The van der Waals surface area contributed by atoms with E-state index in [4.69, 9.17) is 0 Å². The van der Waals surface area contributed by atoms with Crippen molar-refractivity contribution in [2.24, 2.45) is 0 Å². The molecule has 0 spiro atoms. The highest BCUT2D eigenvalue weighted by molar-refractivity contribution is 7.11. The van der Waals surface area contributed by atoms with Crippen LogP contribution in [-0.4, -0.2) is 9.97 Å². The zero-order chi connectivity index (χ0) is 12.4. The van der Waals surface area contributed by atoms with Crippen molar-refractivity contribution in [2.45, 2.75) is 13.5 Å². The SMILES string of the molecule is Cc1cnc(CNc2nc(F)c(F)cc2F)s1. The summed E-state index contributed by atoms with van der Waals surface area (Å²) >= 11 is 1.43. The van der Waals surface area contributed by atoms with Gasteiger partial charge in [0, 0.05) is 17.1 Å². The van der Waals surface area contributed by atoms with E-state index in [9.17, 15) is 13.2 Å². The Bertz CT molecular complexity index is 542. The average Bonchev–Trinajstić information content (AvgIpc) is 2.68. The van der Waals surface area contributed by atoms with Crippen molar-refractivity contribution in [2.75, 3.05) is 5.32 Å². The third kappa shape index (κ3) is 2.73. The van der Waals surface area contributed by atoms with Gasteiger partial charge in [0.25, 0.3) is 5.95 Å². The standard InChI is InChI=1S/C10H8F3N3S/c1-5-3-14-8(17-5)4-15-10-7(12)2-6(11)9(13)16-10/h2-3H,4H2,1H3,(H,15,16). The molecule has 3 nitrogen and oxygen atoms in total.